The number of nitrogens with one attached hydrogen (secondary N) is 2. The third-order valence-electron chi connectivity index (χ3n) is 9.88. The van der Waals surface area contributed by atoms with E-state index in [2.05, 4.69) is 36.5 Å². The number of carbonyl (C=O) groups is 3. The van der Waals surface area contributed by atoms with Crippen molar-refractivity contribution in [2.24, 2.45) is 16.2 Å². The number of thiazole rings is 1. The van der Waals surface area contributed by atoms with Gasteiger partial charge in [-0.1, -0.05) is 45.0 Å². The van der Waals surface area contributed by atoms with Gasteiger partial charge in [0.05, 0.1) is 40.2 Å². The van der Waals surface area contributed by atoms with Crippen molar-refractivity contribution in [3.63, 3.8) is 0 Å². The number of carbonyl (C=O) groups excluding carboxylic acids is 3. The summed E-state index contributed by atoms with van der Waals surface area (Å²) in [6, 6.07) is 9.67. The van der Waals surface area contributed by atoms with Crippen molar-refractivity contribution in [2.45, 2.75) is 84.5 Å². The number of ether oxygens (including phenoxy) is 1. The Hall–Kier alpha value is -3.35. The molecule has 1 aliphatic heterocycles. The number of halogens is 1. The van der Waals surface area contributed by atoms with E-state index < -0.39 is 29.0 Å². The van der Waals surface area contributed by atoms with Crippen molar-refractivity contribution < 1.29 is 24.2 Å². The third-order valence-corrected chi connectivity index (χ3v) is 11.3. The Morgan fingerprint density at radius 2 is 1.81 bits per heavy atom. The maximum absolute atomic E-state index is 14.1. The first-order chi connectivity index (χ1) is 22.2. The van der Waals surface area contributed by atoms with E-state index in [0.29, 0.717) is 31.7 Å². The van der Waals surface area contributed by atoms with Crippen LogP contribution in [0.3, 0.4) is 0 Å². The molecule has 3 amide bonds. The molecule has 3 aromatic rings. The second-order valence-corrected chi connectivity index (χ2v) is 16.5. The smallest absolute Gasteiger partial charge is 0.246 e. The van der Waals surface area contributed by atoms with Crippen LogP contribution in [0.1, 0.15) is 70.7 Å². The van der Waals surface area contributed by atoms with Gasteiger partial charge in [-0.25, -0.2) is 9.97 Å². The zero-order valence-corrected chi connectivity index (χ0v) is 29.8. The number of aliphatic hydroxyl groups excluding tert-OH is 1. The lowest BCUT2D eigenvalue weighted by atomic mass is 9.35. The quantitative estimate of drug-likeness (QED) is 0.262. The minimum Gasteiger partial charge on any atom is -0.477 e. The summed E-state index contributed by atoms with van der Waals surface area (Å²) < 4.78 is 6.79. The molecule has 4 aliphatic rings. The molecule has 2 unspecified atom stereocenters. The number of aliphatic hydroxyl groups is 1. The molecule has 2 aromatic heterocycles. The van der Waals surface area contributed by atoms with Gasteiger partial charge in [-0.2, -0.15) is 0 Å². The van der Waals surface area contributed by atoms with Gasteiger partial charge in [0, 0.05) is 35.1 Å². The molecule has 12 heteroatoms. The molecule has 3 aliphatic carbocycles. The van der Waals surface area contributed by atoms with Gasteiger partial charge in [0.1, 0.15) is 12.1 Å². The summed E-state index contributed by atoms with van der Waals surface area (Å²) in [5.74, 6) is -0.271. The molecular weight excluding hydrogens is 682 g/mol. The Kier molecular flexibility index (Phi) is 8.99. The Morgan fingerprint density at radius 3 is 2.40 bits per heavy atom. The van der Waals surface area contributed by atoms with Crippen LogP contribution in [-0.4, -0.2) is 69.0 Å². The van der Waals surface area contributed by atoms with Gasteiger partial charge < -0.3 is 25.4 Å². The van der Waals surface area contributed by atoms with E-state index in [0.717, 1.165) is 26.2 Å². The highest BCUT2D eigenvalue weighted by atomic mass is 79.9. The van der Waals surface area contributed by atoms with E-state index in [1.165, 1.54) is 4.90 Å². The highest BCUT2D eigenvalue weighted by Gasteiger charge is 2.72. The first kappa shape index (κ1) is 33.5. The fourth-order valence-electron chi connectivity index (χ4n) is 7.37. The molecular formula is C35H42BrN5O5S. The highest BCUT2D eigenvalue weighted by Crippen LogP contribution is 2.73. The zero-order chi connectivity index (χ0) is 33.7. The van der Waals surface area contributed by atoms with E-state index in [4.69, 9.17) is 4.74 Å². The van der Waals surface area contributed by atoms with Gasteiger partial charge in [0.25, 0.3) is 0 Å². The molecule has 2 bridgehead atoms. The normalized spacial score (nSPS) is 26.1. The minimum atomic E-state index is -0.857. The number of pyridine rings is 1. The van der Waals surface area contributed by atoms with Gasteiger partial charge in [0.15, 0.2) is 0 Å². The van der Waals surface area contributed by atoms with Crippen LogP contribution >= 0.6 is 27.3 Å². The standard InChI is InChI=1S/C35H42BrN5O5S/c1-20(22-6-8-23(9-7-22)28-21(2)38-19-47-28)39-30(43)26-12-25(42)14-41(26)31(44)29(33(3,4)5)40-32(45)35-15-34(16-35,17-35)18-46-27-11-10-24(36)13-37-27/h6-11,13,19-20,25-26,29,42H,12,14-18H2,1-5H3,(H,39,43)(H,40,45)/t20?,25-,26+,29?,34?,35?/m1/s1. The number of aromatic nitrogens is 2. The highest BCUT2D eigenvalue weighted by molar-refractivity contribution is 9.10. The zero-order valence-electron chi connectivity index (χ0n) is 27.4. The van der Waals surface area contributed by atoms with Crippen molar-refractivity contribution in [3.8, 4) is 16.3 Å². The van der Waals surface area contributed by atoms with Crippen LogP contribution in [0.4, 0.5) is 0 Å². The van der Waals surface area contributed by atoms with Crippen LogP contribution in [0.2, 0.25) is 0 Å². The summed E-state index contributed by atoms with van der Waals surface area (Å²) in [6.07, 6.45) is 3.09. The molecule has 4 atom stereocenters. The van der Waals surface area contributed by atoms with Crippen LogP contribution in [0.25, 0.3) is 10.4 Å². The van der Waals surface area contributed by atoms with Crippen LogP contribution in [0.15, 0.2) is 52.6 Å². The van der Waals surface area contributed by atoms with E-state index in [9.17, 15) is 19.5 Å². The first-order valence-corrected chi connectivity index (χ1v) is 17.7. The number of hydrogen-bond donors (Lipinski definition) is 3. The van der Waals surface area contributed by atoms with Crippen LogP contribution < -0.4 is 15.4 Å². The van der Waals surface area contributed by atoms with E-state index in [1.54, 1.807) is 17.5 Å². The summed E-state index contributed by atoms with van der Waals surface area (Å²) in [7, 11) is 0. The largest absolute Gasteiger partial charge is 0.477 e. The van der Waals surface area contributed by atoms with E-state index in [1.807, 2.05) is 76.5 Å². The number of benzene rings is 1. The summed E-state index contributed by atoms with van der Waals surface area (Å²) in [5.41, 5.74) is 3.62. The van der Waals surface area contributed by atoms with Crippen molar-refractivity contribution in [1.29, 1.82) is 0 Å². The molecule has 1 saturated heterocycles. The van der Waals surface area contributed by atoms with Gasteiger partial charge in [-0.15, -0.1) is 11.3 Å². The Labute approximate surface area is 287 Å². The number of aryl methyl sites for hydroxylation is 1. The van der Waals surface area contributed by atoms with E-state index >= 15 is 0 Å². The van der Waals surface area contributed by atoms with Gasteiger partial charge in [-0.3, -0.25) is 14.4 Å². The number of hydrogen-bond acceptors (Lipinski definition) is 8. The first-order valence-electron chi connectivity index (χ1n) is 16.0. The van der Waals surface area contributed by atoms with Crippen LogP contribution in [0.5, 0.6) is 5.88 Å². The maximum Gasteiger partial charge on any atom is 0.246 e. The van der Waals surface area contributed by atoms with Crippen molar-refractivity contribution in [1.82, 2.24) is 25.5 Å². The summed E-state index contributed by atoms with van der Waals surface area (Å²) in [5, 5.41) is 16.7. The average Bonchev–Trinajstić information content (AvgIpc) is 3.59. The second-order valence-electron chi connectivity index (χ2n) is 14.7. The fraction of sp³-hybridized carbons (Fsp3) is 0.514. The lowest BCUT2D eigenvalue weighted by Gasteiger charge is -2.69. The van der Waals surface area contributed by atoms with Crippen LogP contribution in [-0.2, 0) is 14.4 Å². The Balaban J connectivity index is 1.07. The molecule has 0 spiro atoms. The topological polar surface area (TPSA) is 134 Å². The number of nitrogens with zero attached hydrogens (tertiary/aromatic N) is 3. The molecule has 10 nitrogen and oxygen atoms in total. The Morgan fingerprint density at radius 1 is 1.11 bits per heavy atom. The van der Waals surface area contributed by atoms with E-state index in [-0.39, 0.29) is 42.1 Å². The molecule has 3 saturated carbocycles. The average molecular weight is 725 g/mol. The van der Waals surface area contributed by atoms with Gasteiger partial charge in [0.2, 0.25) is 23.6 Å². The third kappa shape index (κ3) is 6.69. The lowest BCUT2D eigenvalue weighted by Crippen LogP contribution is -2.71. The summed E-state index contributed by atoms with van der Waals surface area (Å²) in [4.78, 5) is 52.5. The summed E-state index contributed by atoms with van der Waals surface area (Å²) in [6.45, 7) is 10.1. The molecule has 3 heterocycles. The predicted molar refractivity (Wildman–Crippen MR) is 183 cm³/mol. The lowest BCUT2D eigenvalue weighted by molar-refractivity contribution is -0.218. The number of likely N-dealkylation sites (tertiary alicyclic amines) is 1. The second kappa shape index (κ2) is 12.6. The molecule has 3 N–H and O–H groups in total. The predicted octanol–water partition coefficient (Wildman–Crippen LogP) is 5.20. The maximum atomic E-state index is 14.1. The minimum absolute atomic E-state index is 0.0341. The molecule has 7 rings (SSSR count). The van der Waals surface area contributed by atoms with Gasteiger partial charge >= 0.3 is 0 Å². The Bertz CT molecular complexity index is 1630. The number of rotatable bonds is 10. The molecule has 1 aromatic carbocycles. The molecule has 250 valence electrons. The summed E-state index contributed by atoms with van der Waals surface area (Å²) >= 11 is 4.96. The fourth-order valence-corrected chi connectivity index (χ4v) is 8.41. The number of amides is 3. The van der Waals surface area contributed by atoms with Crippen molar-refractivity contribution >= 4 is 45.0 Å². The van der Waals surface area contributed by atoms with Crippen molar-refractivity contribution in [2.75, 3.05) is 13.2 Å². The molecule has 0 radical (unpaired) electrons. The van der Waals surface area contributed by atoms with Crippen molar-refractivity contribution in [3.05, 3.63) is 63.8 Å². The monoisotopic (exact) mass is 723 g/mol. The number of β-amino-alcohol motifs (C(OH)–C–C–N with tert-alkyl or cyclic N) is 1. The van der Waals surface area contributed by atoms with Gasteiger partial charge in [-0.05, 0) is 71.6 Å². The molecule has 47 heavy (non-hydrogen) atoms. The SMILES string of the molecule is Cc1ncsc1-c1ccc(C(C)NC(=O)[C@@H]2C[C@@H](O)CN2C(=O)C(NC(=O)C23CC(COc4ccc(Br)cn4)(C2)C3)C(C)(C)C)cc1. The molecule has 4 fully saturated rings. The van der Waals surface area contributed by atoms with Crippen LogP contribution in [0, 0.1) is 23.2 Å².